The predicted molar refractivity (Wildman–Crippen MR) is 144 cm³/mol. The topological polar surface area (TPSA) is 6.48 Å². The summed E-state index contributed by atoms with van der Waals surface area (Å²) in [6.45, 7) is 14.7. The molecule has 2 heteroatoms. The van der Waals surface area contributed by atoms with Gasteiger partial charge in [-0.2, -0.15) is 0 Å². The molecule has 190 valence electrons. The predicted octanol–water partition coefficient (Wildman–Crippen LogP) is 8.97. The van der Waals surface area contributed by atoms with Gasteiger partial charge in [0, 0.05) is 29.2 Å². The Bertz CT molecular complexity index is 487. The molecule has 3 unspecified atom stereocenters. The van der Waals surface area contributed by atoms with Crippen molar-refractivity contribution in [3.05, 3.63) is 0 Å². The van der Waals surface area contributed by atoms with Crippen molar-refractivity contribution in [3.63, 3.8) is 0 Å². The molecule has 0 N–H and O–H groups in total. The molecule has 0 aromatic carbocycles. The van der Waals surface area contributed by atoms with E-state index in [4.69, 9.17) is 0 Å². The Kier molecular flexibility index (Phi) is 12.1. The van der Waals surface area contributed by atoms with E-state index in [9.17, 15) is 0 Å². The summed E-state index contributed by atoms with van der Waals surface area (Å²) in [6, 6.07) is 2.43. The van der Waals surface area contributed by atoms with Crippen molar-refractivity contribution in [1.29, 1.82) is 0 Å². The zero-order chi connectivity index (χ0) is 23.6. The lowest BCUT2D eigenvalue weighted by Crippen LogP contribution is -2.60. The van der Waals surface area contributed by atoms with Crippen LogP contribution in [0, 0.1) is 0 Å². The van der Waals surface area contributed by atoms with E-state index >= 15 is 0 Å². The average molecular weight is 449 g/mol. The molecular formula is C30H60N2. The highest BCUT2D eigenvalue weighted by molar-refractivity contribution is 5.05. The van der Waals surface area contributed by atoms with Crippen LogP contribution in [0.1, 0.15) is 157 Å². The lowest BCUT2D eigenvalue weighted by atomic mass is 9.82. The summed E-state index contributed by atoms with van der Waals surface area (Å²) in [5.74, 6) is 0. The first-order valence-electron chi connectivity index (χ1n) is 14.8. The van der Waals surface area contributed by atoms with Gasteiger partial charge in [-0.15, -0.1) is 0 Å². The largest absolute Gasteiger partial charge is 0.298 e. The van der Waals surface area contributed by atoms with Crippen LogP contribution < -0.4 is 0 Å². The van der Waals surface area contributed by atoms with Gasteiger partial charge in [-0.05, 0) is 72.8 Å². The van der Waals surface area contributed by atoms with Crippen molar-refractivity contribution >= 4 is 0 Å². The van der Waals surface area contributed by atoms with Crippen molar-refractivity contribution in [2.24, 2.45) is 0 Å². The Morgan fingerprint density at radius 1 is 0.656 bits per heavy atom. The number of nitrogens with zero attached hydrogens (tertiary/aromatic N) is 2. The third-order valence-corrected chi connectivity index (χ3v) is 9.34. The van der Waals surface area contributed by atoms with E-state index in [1.54, 1.807) is 0 Å². The van der Waals surface area contributed by atoms with Gasteiger partial charge in [-0.3, -0.25) is 9.80 Å². The Labute approximate surface area is 203 Å². The van der Waals surface area contributed by atoms with Gasteiger partial charge >= 0.3 is 0 Å². The minimum absolute atomic E-state index is 0.383. The highest BCUT2D eigenvalue weighted by Gasteiger charge is 2.48. The number of hydrogen-bond donors (Lipinski definition) is 0. The molecule has 2 aliphatic rings. The molecule has 2 nitrogen and oxygen atoms in total. The minimum atomic E-state index is 0.383. The fourth-order valence-corrected chi connectivity index (χ4v) is 7.17. The Morgan fingerprint density at radius 2 is 1.09 bits per heavy atom. The summed E-state index contributed by atoms with van der Waals surface area (Å²) in [6.07, 6.45) is 25.2. The molecular weight excluding hydrogens is 388 g/mol. The van der Waals surface area contributed by atoms with E-state index in [0.29, 0.717) is 11.1 Å². The van der Waals surface area contributed by atoms with Gasteiger partial charge in [0.15, 0.2) is 0 Å². The second-order valence-electron chi connectivity index (χ2n) is 12.4. The number of unbranched alkanes of at least 4 members (excludes halogenated alkanes) is 8. The molecule has 2 saturated heterocycles. The molecule has 0 aliphatic carbocycles. The molecule has 0 amide bonds. The molecule has 2 aliphatic heterocycles. The number of rotatable bonds is 17. The maximum absolute atomic E-state index is 3.00. The van der Waals surface area contributed by atoms with Crippen molar-refractivity contribution < 1.29 is 0 Å². The van der Waals surface area contributed by atoms with E-state index in [2.05, 4.69) is 58.4 Å². The number of piperidine rings is 1. The second-order valence-corrected chi connectivity index (χ2v) is 12.4. The fourth-order valence-electron chi connectivity index (χ4n) is 7.17. The lowest BCUT2D eigenvalue weighted by Gasteiger charge is -2.53. The summed E-state index contributed by atoms with van der Waals surface area (Å²) in [4.78, 5) is 5.89. The van der Waals surface area contributed by atoms with Crippen LogP contribution >= 0.6 is 0 Å². The summed E-state index contributed by atoms with van der Waals surface area (Å²) in [7, 11) is 2.50. The van der Waals surface area contributed by atoms with Gasteiger partial charge in [0.1, 0.15) is 0 Å². The van der Waals surface area contributed by atoms with E-state index in [0.717, 1.165) is 18.1 Å². The van der Waals surface area contributed by atoms with Crippen LogP contribution in [0.25, 0.3) is 0 Å². The third-order valence-electron chi connectivity index (χ3n) is 9.34. The van der Waals surface area contributed by atoms with E-state index in [1.807, 2.05) is 0 Å². The smallest absolute Gasteiger partial charge is 0.0181 e. The van der Waals surface area contributed by atoms with Gasteiger partial charge in [0.05, 0.1) is 0 Å². The van der Waals surface area contributed by atoms with Crippen molar-refractivity contribution in [3.8, 4) is 0 Å². The highest BCUT2D eigenvalue weighted by Crippen LogP contribution is 2.45. The minimum Gasteiger partial charge on any atom is -0.298 e. The Balaban J connectivity index is 2.00. The van der Waals surface area contributed by atoms with Crippen LogP contribution in [-0.2, 0) is 0 Å². The summed E-state index contributed by atoms with van der Waals surface area (Å²) in [5.41, 5.74) is 0.776. The first kappa shape index (κ1) is 28.2. The average Bonchev–Trinajstić information content (AvgIpc) is 3.05. The molecule has 2 heterocycles. The number of hydrogen-bond acceptors (Lipinski definition) is 2. The van der Waals surface area contributed by atoms with Gasteiger partial charge in [-0.25, -0.2) is 0 Å². The Hall–Kier alpha value is -0.0800. The molecule has 0 spiro atoms. The zero-order valence-electron chi connectivity index (χ0n) is 23.4. The molecule has 0 saturated carbocycles. The molecule has 2 fully saturated rings. The molecule has 2 rings (SSSR count). The van der Waals surface area contributed by atoms with Gasteiger partial charge in [-0.1, -0.05) is 91.4 Å². The second kappa shape index (κ2) is 13.7. The van der Waals surface area contributed by atoms with Crippen LogP contribution in [0.4, 0.5) is 0 Å². The highest BCUT2D eigenvalue weighted by atomic mass is 15.3. The molecule has 3 atom stereocenters. The summed E-state index contributed by atoms with van der Waals surface area (Å²) < 4.78 is 0. The van der Waals surface area contributed by atoms with Gasteiger partial charge in [0.25, 0.3) is 0 Å². The zero-order valence-corrected chi connectivity index (χ0v) is 23.4. The fraction of sp³-hybridized carbons (Fsp3) is 1.00. The van der Waals surface area contributed by atoms with Crippen LogP contribution in [0.15, 0.2) is 0 Å². The summed E-state index contributed by atoms with van der Waals surface area (Å²) >= 11 is 0. The number of fused-ring (bicyclic) bond motifs is 2. The maximum atomic E-state index is 3.00. The third kappa shape index (κ3) is 7.72. The van der Waals surface area contributed by atoms with Crippen LogP contribution in [-0.4, -0.2) is 46.1 Å². The van der Waals surface area contributed by atoms with E-state index in [-0.39, 0.29) is 0 Å². The van der Waals surface area contributed by atoms with Gasteiger partial charge < -0.3 is 0 Å². The lowest BCUT2D eigenvalue weighted by molar-refractivity contribution is -0.0334. The standard InChI is InChI=1S/C30H60N2/c1-8-11-14-17-21-29(4,5)32-26-19-20-27(32)25-28(24-26)31(7)30(6,22-16-13-10-3)23-18-15-12-9-2/h26-28H,8-25H2,1-7H3. The Morgan fingerprint density at radius 3 is 1.59 bits per heavy atom. The normalized spacial score (nSPS) is 26.1. The van der Waals surface area contributed by atoms with Crippen molar-refractivity contribution in [2.75, 3.05) is 7.05 Å². The first-order chi connectivity index (χ1) is 15.3. The molecule has 0 radical (unpaired) electrons. The van der Waals surface area contributed by atoms with Crippen LogP contribution in [0.5, 0.6) is 0 Å². The molecule has 2 bridgehead atoms. The van der Waals surface area contributed by atoms with Gasteiger partial charge in [0.2, 0.25) is 0 Å². The maximum Gasteiger partial charge on any atom is 0.0181 e. The van der Waals surface area contributed by atoms with Crippen LogP contribution in [0.3, 0.4) is 0 Å². The van der Waals surface area contributed by atoms with Crippen molar-refractivity contribution in [2.45, 2.75) is 186 Å². The van der Waals surface area contributed by atoms with E-state index < -0.39 is 0 Å². The summed E-state index contributed by atoms with van der Waals surface area (Å²) in [5, 5.41) is 0. The molecule has 0 aromatic heterocycles. The molecule has 32 heavy (non-hydrogen) atoms. The SMILES string of the molecule is CCCCCCC(C)(C)N1C2CCC1CC(N(C)C(C)(CCCCC)CCCCCC)C2. The first-order valence-corrected chi connectivity index (χ1v) is 14.8. The van der Waals surface area contributed by atoms with Crippen molar-refractivity contribution in [1.82, 2.24) is 9.80 Å². The quantitative estimate of drug-likeness (QED) is 0.205. The van der Waals surface area contributed by atoms with Crippen LogP contribution in [0.2, 0.25) is 0 Å². The van der Waals surface area contributed by atoms with E-state index in [1.165, 1.54) is 116 Å². The monoisotopic (exact) mass is 448 g/mol. The molecule has 0 aromatic rings.